The number of carbonyl (C=O) groups is 2. The van der Waals surface area contributed by atoms with Crippen LogP contribution in [0.25, 0.3) is 0 Å². The van der Waals surface area contributed by atoms with Gasteiger partial charge in [-0.05, 0) is 24.6 Å². The molecule has 0 aromatic heterocycles. The van der Waals surface area contributed by atoms with E-state index in [1.54, 1.807) is 19.1 Å². The number of aliphatic carboxylic acids is 1. The average molecular weight is 341 g/mol. The lowest BCUT2D eigenvalue weighted by atomic mass is 10.2. The molecular weight excluding hydrogens is 322 g/mol. The molecule has 0 unspecified atom stereocenters. The molecule has 0 spiro atoms. The van der Waals surface area contributed by atoms with Crippen LogP contribution in [-0.4, -0.2) is 49.2 Å². The molecule has 0 amide bonds. The second-order valence-corrected chi connectivity index (χ2v) is 5.91. The second kappa shape index (κ2) is 8.07. The van der Waals surface area contributed by atoms with E-state index in [-0.39, 0.29) is 12.0 Å². The van der Waals surface area contributed by atoms with Gasteiger partial charge in [0.05, 0.1) is 19.1 Å². The molecule has 0 bridgehead atoms. The fraction of sp³-hybridized carbons (Fsp3) is 0.467. The summed E-state index contributed by atoms with van der Waals surface area (Å²) in [5.41, 5.74) is 0.888. The molecule has 1 heterocycles. The van der Waals surface area contributed by atoms with Crippen LogP contribution in [0.2, 0.25) is 0 Å². The molecule has 1 aliphatic heterocycles. The molecule has 1 fully saturated rings. The number of rotatable bonds is 7. The van der Waals surface area contributed by atoms with Gasteiger partial charge in [-0.2, -0.15) is 0 Å². The highest BCUT2D eigenvalue weighted by Gasteiger charge is 2.30. The van der Waals surface area contributed by atoms with Crippen molar-refractivity contribution in [1.82, 2.24) is 5.32 Å². The second-order valence-electron chi connectivity index (χ2n) is 4.77. The molecule has 0 radical (unpaired) electrons. The Morgan fingerprint density at radius 1 is 1.39 bits per heavy atom. The van der Waals surface area contributed by atoms with E-state index in [1.165, 1.54) is 18.9 Å². The van der Waals surface area contributed by atoms with E-state index in [9.17, 15) is 9.59 Å². The van der Waals surface area contributed by atoms with Crippen LogP contribution in [0.3, 0.4) is 0 Å². The number of thioether (sulfide) groups is 1. The third kappa shape index (κ3) is 4.52. The minimum absolute atomic E-state index is 0.121. The lowest BCUT2D eigenvalue weighted by Gasteiger charge is -2.15. The molecule has 8 heteroatoms. The van der Waals surface area contributed by atoms with Crippen LogP contribution in [0, 0.1) is 0 Å². The first-order chi connectivity index (χ1) is 11.0. The average Bonchev–Trinajstić information content (AvgIpc) is 3.03. The van der Waals surface area contributed by atoms with Crippen LogP contribution in [0.4, 0.5) is 0 Å². The highest BCUT2D eigenvalue weighted by atomic mass is 32.2. The topological polar surface area (TPSA) is 94.1 Å². The third-order valence-corrected chi connectivity index (χ3v) is 4.49. The molecule has 7 nitrogen and oxygen atoms in total. The van der Waals surface area contributed by atoms with Crippen LogP contribution in [0.1, 0.15) is 17.9 Å². The maximum Gasteiger partial charge on any atom is 0.344 e. The van der Waals surface area contributed by atoms with Crippen molar-refractivity contribution < 1.29 is 28.9 Å². The molecule has 0 saturated carbocycles. The number of benzene rings is 1. The molecule has 1 aromatic rings. The summed E-state index contributed by atoms with van der Waals surface area (Å²) in [7, 11) is 1.51. The van der Waals surface area contributed by atoms with Crippen molar-refractivity contribution in [2.45, 2.75) is 18.3 Å². The predicted molar refractivity (Wildman–Crippen MR) is 84.9 cm³/mol. The monoisotopic (exact) mass is 341 g/mol. The van der Waals surface area contributed by atoms with Gasteiger partial charge in [0.2, 0.25) is 0 Å². The largest absolute Gasteiger partial charge is 0.493 e. The van der Waals surface area contributed by atoms with Crippen molar-refractivity contribution in [2.24, 2.45) is 0 Å². The van der Waals surface area contributed by atoms with Crippen LogP contribution in [0.5, 0.6) is 11.5 Å². The van der Waals surface area contributed by atoms with Crippen molar-refractivity contribution in [2.75, 3.05) is 26.1 Å². The number of esters is 1. The predicted octanol–water partition coefficient (Wildman–Crippen LogP) is 1.43. The molecule has 2 atom stereocenters. The van der Waals surface area contributed by atoms with Gasteiger partial charge in [0, 0.05) is 5.75 Å². The van der Waals surface area contributed by atoms with Gasteiger partial charge in [0.15, 0.2) is 18.1 Å². The number of carboxylic acids is 1. The highest BCUT2D eigenvalue weighted by molar-refractivity contribution is 7.99. The van der Waals surface area contributed by atoms with E-state index >= 15 is 0 Å². The van der Waals surface area contributed by atoms with Gasteiger partial charge in [0.1, 0.15) is 6.04 Å². The number of ether oxygens (including phenoxy) is 3. The van der Waals surface area contributed by atoms with Crippen molar-refractivity contribution in [1.29, 1.82) is 0 Å². The maximum absolute atomic E-state index is 11.3. The zero-order chi connectivity index (χ0) is 16.8. The zero-order valence-electron chi connectivity index (χ0n) is 12.9. The third-order valence-electron chi connectivity index (χ3n) is 3.22. The molecule has 1 aromatic carbocycles. The molecule has 2 N–H and O–H groups in total. The van der Waals surface area contributed by atoms with Gasteiger partial charge < -0.3 is 19.3 Å². The summed E-state index contributed by atoms with van der Waals surface area (Å²) in [5.74, 6) is 0.107. The Balaban J connectivity index is 2.04. The first kappa shape index (κ1) is 17.4. The van der Waals surface area contributed by atoms with Crippen LogP contribution >= 0.6 is 11.8 Å². The number of carbonyl (C=O) groups excluding carboxylic acids is 1. The van der Waals surface area contributed by atoms with Gasteiger partial charge in [0.25, 0.3) is 0 Å². The Kier molecular flexibility index (Phi) is 6.12. The lowest BCUT2D eigenvalue weighted by molar-refractivity contribution is -0.145. The minimum atomic E-state index is -0.860. The lowest BCUT2D eigenvalue weighted by Crippen LogP contribution is -2.33. The molecular formula is C15H19NO6S. The summed E-state index contributed by atoms with van der Waals surface area (Å²) in [6, 6.07) is 4.73. The zero-order valence-corrected chi connectivity index (χ0v) is 13.7. The Morgan fingerprint density at radius 3 is 2.78 bits per heavy atom. The number of methoxy groups -OCH3 is 1. The SMILES string of the molecule is CCOC(=O)COc1ccc([C@@H]2N[C@H](C(=O)O)CS2)cc1OC. The van der Waals surface area contributed by atoms with E-state index in [2.05, 4.69) is 5.32 Å². The number of hydrogen-bond donors (Lipinski definition) is 2. The number of carboxylic acid groups (broad SMARTS) is 1. The van der Waals surface area contributed by atoms with Crippen molar-refractivity contribution in [3.05, 3.63) is 23.8 Å². The van der Waals surface area contributed by atoms with Gasteiger partial charge in [-0.15, -0.1) is 11.8 Å². The Labute approximate surface area is 138 Å². The van der Waals surface area contributed by atoms with Gasteiger partial charge in [-0.3, -0.25) is 10.1 Å². The first-order valence-electron chi connectivity index (χ1n) is 7.12. The molecule has 23 heavy (non-hydrogen) atoms. The summed E-state index contributed by atoms with van der Waals surface area (Å²) in [4.78, 5) is 22.3. The van der Waals surface area contributed by atoms with Crippen LogP contribution < -0.4 is 14.8 Å². The van der Waals surface area contributed by atoms with Crippen LogP contribution in [-0.2, 0) is 14.3 Å². The van der Waals surface area contributed by atoms with E-state index in [0.29, 0.717) is 23.9 Å². The summed E-state index contributed by atoms with van der Waals surface area (Å²) in [5, 5.41) is 11.9. The molecule has 1 aliphatic rings. The Bertz CT molecular complexity index is 579. The van der Waals surface area contributed by atoms with E-state index in [4.69, 9.17) is 19.3 Å². The fourth-order valence-electron chi connectivity index (χ4n) is 2.11. The molecule has 2 rings (SSSR count). The Morgan fingerprint density at radius 2 is 2.17 bits per heavy atom. The van der Waals surface area contributed by atoms with Crippen molar-refractivity contribution in [3.63, 3.8) is 0 Å². The van der Waals surface area contributed by atoms with E-state index in [1.807, 2.05) is 6.07 Å². The highest BCUT2D eigenvalue weighted by Crippen LogP contribution is 2.37. The molecule has 126 valence electrons. The summed E-state index contributed by atoms with van der Waals surface area (Å²) in [6.07, 6.45) is 0. The van der Waals surface area contributed by atoms with Gasteiger partial charge >= 0.3 is 11.9 Å². The summed E-state index contributed by atoms with van der Waals surface area (Å²) < 4.78 is 15.5. The smallest absolute Gasteiger partial charge is 0.344 e. The van der Waals surface area contributed by atoms with Gasteiger partial charge in [-0.25, -0.2) is 4.79 Å². The van der Waals surface area contributed by atoms with Crippen molar-refractivity contribution >= 4 is 23.7 Å². The van der Waals surface area contributed by atoms with Crippen molar-refractivity contribution in [3.8, 4) is 11.5 Å². The van der Waals surface area contributed by atoms with Crippen LogP contribution in [0.15, 0.2) is 18.2 Å². The fourth-order valence-corrected chi connectivity index (χ4v) is 3.34. The molecule has 0 aliphatic carbocycles. The quantitative estimate of drug-likeness (QED) is 0.719. The molecule has 1 saturated heterocycles. The number of nitrogens with one attached hydrogen (secondary N) is 1. The standard InChI is InChI=1S/C15H19NO6S/c1-3-21-13(17)7-22-11-5-4-9(6-12(11)20-2)14-16-10(8-23-14)15(18)19/h4-6,10,14,16H,3,7-8H2,1-2H3,(H,18,19)/t10-,14+/m0/s1. The number of hydrogen-bond acceptors (Lipinski definition) is 7. The van der Waals surface area contributed by atoms with E-state index < -0.39 is 18.0 Å². The minimum Gasteiger partial charge on any atom is -0.493 e. The summed E-state index contributed by atoms with van der Waals surface area (Å²) in [6.45, 7) is 1.83. The summed E-state index contributed by atoms with van der Waals surface area (Å²) >= 11 is 1.52. The Hall–Kier alpha value is -1.93. The maximum atomic E-state index is 11.3. The normalized spacial score (nSPS) is 20.1. The first-order valence-corrected chi connectivity index (χ1v) is 8.16. The van der Waals surface area contributed by atoms with Gasteiger partial charge in [-0.1, -0.05) is 6.07 Å². The van der Waals surface area contributed by atoms with E-state index in [0.717, 1.165) is 5.56 Å².